The normalized spacial score (nSPS) is 15.7. The van der Waals surface area contributed by atoms with Gasteiger partial charge in [0.1, 0.15) is 6.04 Å². The lowest BCUT2D eigenvalue weighted by atomic mass is 10.1. The van der Waals surface area contributed by atoms with Crippen LogP contribution in [-0.4, -0.2) is 21.9 Å². The van der Waals surface area contributed by atoms with E-state index >= 15 is 0 Å². The first-order valence-electron chi connectivity index (χ1n) is 4.39. The molecule has 0 radical (unpaired) electrons. The summed E-state index contributed by atoms with van der Waals surface area (Å²) in [6.45, 7) is 3.88. The zero-order valence-corrected chi connectivity index (χ0v) is 7.90. The second-order valence-corrected chi connectivity index (χ2v) is 3.09. The molecule has 13 heavy (non-hydrogen) atoms. The molecular formula is C8H15N3O2. The van der Waals surface area contributed by atoms with Gasteiger partial charge in [-0.2, -0.15) is 4.98 Å². The highest BCUT2D eigenvalue weighted by atomic mass is 16.5. The van der Waals surface area contributed by atoms with Crippen molar-refractivity contribution in [2.24, 2.45) is 5.73 Å². The van der Waals surface area contributed by atoms with Gasteiger partial charge in [-0.25, -0.2) is 0 Å². The number of nitrogens with zero attached hydrogens (tertiary/aromatic N) is 2. The Bertz CT molecular complexity index is 237. The van der Waals surface area contributed by atoms with Crippen LogP contribution < -0.4 is 5.73 Å². The van der Waals surface area contributed by atoms with E-state index in [1.807, 2.05) is 13.8 Å². The smallest absolute Gasteiger partial charge is 0.245 e. The molecular weight excluding hydrogens is 170 g/mol. The standard InChI is InChI=1S/C8H15N3O2/c1-3-5(2)7-10-8(13-11-7)6(9)4-12/h5-6,12H,3-4,9H2,1-2H3. The fraction of sp³-hybridized carbons (Fsp3) is 0.750. The summed E-state index contributed by atoms with van der Waals surface area (Å²) >= 11 is 0. The third-order valence-electron chi connectivity index (χ3n) is 2.02. The summed E-state index contributed by atoms with van der Waals surface area (Å²) in [6.07, 6.45) is 0.952. The Balaban J connectivity index is 2.74. The Morgan fingerprint density at radius 3 is 2.85 bits per heavy atom. The summed E-state index contributed by atoms with van der Waals surface area (Å²) in [5, 5.41) is 12.5. The second kappa shape index (κ2) is 4.34. The number of hydrogen-bond acceptors (Lipinski definition) is 5. The van der Waals surface area contributed by atoms with Crippen LogP contribution >= 0.6 is 0 Å². The molecule has 0 bridgehead atoms. The van der Waals surface area contributed by atoms with Crippen molar-refractivity contribution >= 4 is 0 Å². The average molecular weight is 185 g/mol. The highest BCUT2D eigenvalue weighted by Gasteiger charge is 2.16. The molecule has 1 aromatic rings. The molecule has 0 aliphatic rings. The maximum Gasteiger partial charge on any atom is 0.245 e. The number of rotatable bonds is 4. The largest absolute Gasteiger partial charge is 0.394 e. The topological polar surface area (TPSA) is 85.2 Å². The van der Waals surface area contributed by atoms with Crippen LogP contribution in [0.5, 0.6) is 0 Å². The molecule has 5 nitrogen and oxygen atoms in total. The Hall–Kier alpha value is -0.940. The SMILES string of the molecule is CCC(C)c1noc(C(N)CO)n1. The van der Waals surface area contributed by atoms with Gasteiger partial charge >= 0.3 is 0 Å². The number of nitrogens with two attached hydrogens (primary N) is 1. The monoisotopic (exact) mass is 185 g/mol. The van der Waals surface area contributed by atoms with Crippen LogP contribution in [0.25, 0.3) is 0 Å². The van der Waals surface area contributed by atoms with Crippen molar-refractivity contribution in [3.05, 3.63) is 11.7 Å². The Kier molecular flexibility index (Phi) is 3.39. The molecule has 0 saturated heterocycles. The van der Waals surface area contributed by atoms with E-state index in [4.69, 9.17) is 15.4 Å². The second-order valence-electron chi connectivity index (χ2n) is 3.09. The molecule has 0 fully saturated rings. The van der Waals surface area contributed by atoms with Crippen molar-refractivity contribution in [3.8, 4) is 0 Å². The van der Waals surface area contributed by atoms with Gasteiger partial charge in [-0.3, -0.25) is 0 Å². The van der Waals surface area contributed by atoms with Crippen molar-refractivity contribution in [1.29, 1.82) is 0 Å². The molecule has 1 heterocycles. The van der Waals surface area contributed by atoms with E-state index in [-0.39, 0.29) is 12.5 Å². The first-order valence-corrected chi connectivity index (χ1v) is 4.39. The third kappa shape index (κ3) is 2.26. The molecule has 0 amide bonds. The van der Waals surface area contributed by atoms with Gasteiger partial charge < -0.3 is 15.4 Å². The minimum absolute atomic E-state index is 0.178. The minimum atomic E-state index is -0.565. The lowest BCUT2D eigenvalue weighted by Gasteiger charge is -2.00. The van der Waals surface area contributed by atoms with Crippen molar-refractivity contribution in [2.75, 3.05) is 6.61 Å². The van der Waals surface area contributed by atoms with Gasteiger partial charge in [-0.1, -0.05) is 19.0 Å². The van der Waals surface area contributed by atoms with Crippen molar-refractivity contribution in [2.45, 2.75) is 32.2 Å². The lowest BCUT2D eigenvalue weighted by Crippen LogP contribution is -2.14. The summed E-state index contributed by atoms with van der Waals surface area (Å²) in [5.41, 5.74) is 5.50. The quantitative estimate of drug-likeness (QED) is 0.716. The molecule has 1 aromatic heterocycles. The fourth-order valence-corrected chi connectivity index (χ4v) is 0.859. The minimum Gasteiger partial charge on any atom is -0.394 e. The highest BCUT2D eigenvalue weighted by Crippen LogP contribution is 2.16. The molecule has 2 atom stereocenters. The van der Waals surface area contributed by atoms with Crippen LogP contribution in [0.2, 0.25) is 0 Å². The number of aromatic nitrogens is 2. The molecule has 0 aromatic carbocycles. The molecule has 0 saturated carbocycles. The Labute approximate surface area is 76.9 Å². The number of aliphatic hydroxyl groups excluding tert-OH is 1. The fourth-order valence-electron chi connectivity index (χ4n) is 0.859. The summed E-state index contributed by atoms with van der Waals surface area (Å²) in [4.78, 5) is 4.09. The van der Waals surface area contributed by atoms with Gasteiger partial charge in [0.25, 0.3) is 0 Å². The predicted molar refractivity (Wildman–Crippen MR) is 47.0 cm³/mol. The molecule has 0 aliphatic carbocycles. The third-order valence-corrected chi connectivity index (χ3v) is 2.02. The van der Waals surface area contributed by atoms with Crippen LogP contribution in [0.1, 0.15) is 43.9 Å². The van der Waals surface area contributed by atoms with E-state index in [2.05, 4.69) is 10.1 Å². The summed E-state index contributed by atoms with van der Waals surface area (Å²) in [5.74, 6) is 1.22. The average Bonchev–Trinajstić information content (AvgIpc) is 2.64. The van der Waals surface area contributed by atoms with Crippen molar-refractivity contribution < 1.29 is 9.63 Å². The van der Waals surface area contributed by atoms with Crippen molar-refractivity contribution in [3.63, 3.8) is 0 Å². The maximum atomic E-state index is 8.74. The van der Waals surface area contributed by atoms with Crippen LogP contribution in [0.3, 0.4) is 0 Å². The zero-order chi connectivity index (χ0) is 9.84. The van der Waals surface area contributed by atoms with Crippen LogP contribution in [0.4, 0.5) is 0 Å². The molecule has 1 rings (SSSR count). The van der Waals surface area contributed by atoms with Gasteiger partial charge in [0.15, 0.2) is 5.82 Å². The molecule has 0 aliphatic heterocycles. The summed E-state index contributed by atoms with van der Waals surface area (Å²) in [6, 6.07) is -0.565. The van der Waals surface area contributed by atoms with Gasteiger partial charge in [-0.05, 0) is 6.42 Å². The van der Waals surface area contributed by atoms with Gasteiger partial charge in [0.2, 0.25) is 5.89 Å². The molecule has 2 unspecified atom stereocenters. The molecule has 0 spiro atoms. The molecule has 3 N–H and O–H groups in total. The van der Waals surface area contributed by atoms with Gasteiger partial charge in [-0.15, -0.1) is 0 Å². The molecule has 74 valence electrons. The Morgan fingerprint density at radius 2 is 2.31 bits per heavy atom. The number of aliphatic hydroxyl groups is 1. The van der Waals surface area contributed by atoms with Crippen LogP contribution in [0, 0.1) is 0 Å². The van der Waals surface area contributed by atoms with Gasteiger partial charge in [0.05, 0.1) is 6.61 Å². The van der Waals surface area contributed by atoms with Crippen molar-refractivity contribution in [1.82, 2.24) is 10.1 Å². The first-order chi connectivity index (χ1) is 6.19. The maximum absolute atomic E-state index is 8.74. The first kappa shape index (κ1) is 10.1. The van der Waals surface area contributed by atoms with E-state index in [0.717, 1.165) is 6.42 Å². The molecule has 5 heteroatoms. The summed E-state index contributed by atoms with van der Waals surface area (Å²) < 4.78 is 4.89. The van der Waals surface area contributed by atoms with E-state index in [9.17, 15) is 0 Å². The van der Waals surface area contributed by atoms with E-state index in [1.165, 1.54) is 0 Å². The zero-order valence-electron chi connectivity index (χ0n) is 7.90. The van der Waals surface area contributed by atoms with Crippen LogP contribution in [0.15, 0.2) is 4.52 Å². The predicted octanol–water partition coefficient (Wildman–Crippen LogP) is 0.575. The van der Waals surface area contributed by atoms with E-state index < -0.39 is 6.04 Å². The van der Waals surface area contributed by atoms with E-state index in [1.54, 1.807) is 0 Å². The van der Waals surface area contributed by atoms with Gasteiger partial charge in [0, 0.05) is 5.92 Å². The number of hydrogen-bond donors (Lipinski definition) is 2. The summed E-state index contributed by atoms with van der Waals surface area (Å²) in [7, 11) is 0. The lowest BCUT2D eigenvalue weighted by molar-refractivity contribution is 0.236. The Morgan fingerprint density at radius 1 is 1.62 bits per heavy atom. The van der Waals surface area contributed by atoms with Crippen LogP contribution in [-0.2, 0) is 0 Å². The highest BCUT2D eigenvalue weighted by molar-refractivity contribution is 4.96. The van der Waals surface area contributed by atoms with E-state index in [0.29, 0.717) is 11.7 Å².